The normalized spacial score (nSPS) is 12.1. The third kappa shape index (κ3) is 9.01. The highest BCUT2D eigenvalue weighted by atomic mass is 32.2. The van der Waals surface area contributed by atoms with Crippen molar-refractivity contribution in [1.29, 1.82) is 0 Å². The fourth-order valence-electron chi connectivity index (χ4n) is 4.32. The number of carbonyl (C=O) groups excluding carboxylic acids is 1. The molecule has 0 saturated heterocycles. The van der Waals surface area contributed by atoms with Crippen molar-refractivity contribution in [2.75, 3.05) is 44.1 Å². The molecular weight excluding hydrogens is 688 g/mol. The summed E-state index contributed by atoms with van der Waals surface area (Å²) in [5.41, 5.74) is -0.608. The Bertz CT molecular complexity index is 2170. The van der Waals surface area contributed by atoms with Crippen LogP contribution in [-0.4, -0.2) is 80.6 Å². The van der Waals surface area contributed by atoms with E-state index in [1.54, 1.807) is 13.1 Å². The van der Waals surface area contributed by atoms with Crippen molar-refractivity contribution in [3.8, 4) is 17.2 Å². The molecule has 0 bridgehead atoms. The first-order valence-electron chi connectivity index (χ1n) is 14.0. The summed E-state index contributed by atoms with van der Waals surface area (Å²) in [6, 6.07) is 11.6. The van der Waals surface area contributed by atoms with Gasteiger partial charge in [0, 0.05) is 42.9 Å². The third-order valence-corrected chi connectivity index (χ3v) is 8.19. The zero-order chi connectivity index (χ0) is 35.9. The minimum atomic E-state index is -4.93. The van der Waals surface area contributed by atoms with Crippen LogP contribution in [0.2, 0.25) is 0 Å². The molecule has 0 radical (unpaired) electrons. The van der Waals surface area contributed by atoms with E-state index in [4.69, 9.17) is 9.47 Å². The van der Waals surface area contributed by atoms with Crippen LogP contribution < -0.4 is 20.1 Å². The first-order chi connectivity index (χ1) is 23.2. The predicted octanol–water partition coefficient (Wildman–Crippen LogP) is 4.61. The van der Waals surface area contributed by atoms with Crippen molar-refractivity contribution in [1.82, 2.24) is 0 Å². The molecule has 4 rings (SSSR count). The lowest BCUT2D eigenvalue weighted by Gasteiger charge is -2.13. The van der Waals surface area contributed by atoms with E-state index in [2.05, 4.69) is 31.1 Å². The summed E-state index contributed by atoms with van der Waals surface area (Å²) in [5, 5.41) is 51.4. The molecule has 20 heteroatoms. The number of anilines is 2. The van der Waals surface area contributed by atoms with Crippen molar-refractivity contribution in [3.63, 3.8) is 0 Å². The van der Waals surface area contributed by atoms with Gasteiger partial charge in [0.05, 0.1) is 13.2 Å². The van der Waals surface area contributed by atoms with E-state index in [1.165, 1.54) is 43.3 Å². The Morgan fingerprint density at radius 2 is 1.29 bits per heavy atom. The van der Waals surface area contributed by atoms with E-state index in [0.29, 0.717) is 5.69 Å². The summed E-state index contributed by atoms with van der Waals surface area (Å²) in [6.45, 7) is -0.265. The van der Waals surface area contributed by atoms with Crippen LogP contribution in [0, 0.1) is 0 Å². The van der Waals surface area contributed by atoms with Crippen LogP contribution >= 0.6 is 0 Å². The first-order valence-corrected chi connectivity index (χ1v) is 16.9. The molecule has 49 heavy (non-hydrogen) atoms. The standard InChI is InChI=1S/C29H30N6O12S2/c1-16(38)31-19-5-6-21(26(13-19)48(40,41)42)32-33-22-14-25(47-10-8-37)23(15-24(22)46-9-7-36)34-35-28-27(49(43,44)45)11-17-3-4-18(30-2)12-20(17)29(28)39/h3-6,11-15,30,36-37,39H,7-10H2,1-2H3,(H,31,38)(H,40,41,42)(H,43,44,45). The molecule has 7 N–H and O–H groups in total. The van der Waals surface area contributed by atoms with Crippen LogP contribution in [0.15, 0.2) is 84.8 Å². The number of hydrogen-bond acceptors (Lipinski definition) is 15. The minimum Gasteiger partial charge on any atom is -0.505 e. The highest BCUT2D eigenvalue weighted by Gasteiger charge is 2.23. The summed E-state index contributed by atoms with van der Waals surface area (Å²) in [7, 11) is -8.15. The number of ether oxygens (including phenoxy) is 2. The Morgan fingerprint density at radius 3 is 1.82 bits per heavy atom. The lowest BCUT2D eigenvalue weighted by atomic mass is 10.1. The van der Waals surface area contributed by atoms with E-state index in [0.717, 1.165) is 12.1 Å². The van der Waals surface area contributed by atoms with Crippen molar-refractivity contribution >= 4 is 71.0 Å². The van der Waals surface area contributed by atoms with E-state index in [9.17, 15) is 46.1 Å². The number of carbonyl (C=O) groups is 1. The zero-order valence-corrected chi connectivity index (χ0v) is 27.4. The molecule has 0 unspecified atom stereocenters. The number of nitrogens with zero attached hydrogens (tertiary/aromatic N) is 4. The summed E-state index contributed by atoms with van der Waals surface area (Å²) in [5.74, 6) is -1.37. The maximum atomic E-state index is 12.3. The highest BCUT2D eigenvalue weighted by molar-refractivity contribution is 7.86. The molecule has 1 amide bonds. The molecule has 0 saturated carbocycles. The molecule has 4 aromatic carbocycles. The van der Waals surface area contributed by atoms with Crippen LogP contribution in [-0.2, 0) is 25.0 Å². The van der Waals surface area contributed by atoms with Crippen LogP contribution in [0.4, 0.5) is 34.1 Å². The van der Waals surface area contributed by atoms with Crippen LogP contribution in [0.5, 0.6) is 17.2 Å². The molecule has 0 aliphatic heterocycles. The molecule has 0 spiro atoms. The number of amides is 1. The van der Waals surface area contributed by atoms with Gasteiger partial charge in [0.25, 0.3) is 20.2 Å². The van der Waals surface area contributed by atoms with Gasteiger partial charge in [-0.1, -0.05) is 6.07 Å². The molecular formula is C29H30N6O12S2. The van der Waals surface area contributed by atoms with Gasteiger partial charge in [-0.05, 0) is 41.8 Å². The van der Waals surface area contributed by atoms with Crippen LogP contribution in [0.1, 0.15) is 6.92 Å². The molecule has 0 aliphatic carbocycles. The van der Waals surface area contributed by atoms with Gasteiger partial charge in [-0.2, -0.15) is 16.8 Å². The van der Waals surface area contributed by atoms with Gasteiger partial charge in [0.15, 0.2) is 5.75 Å². The van der Waals surface area contributed by atoms with Gasteiger partial charge in [0.2, 0.25) is 5.91 Å². The summed E-state index contributed by atoms with van der Waals surface area (Å²) >= 11 is 0. The molecule has 0 heterocycles. The number of fused-ring (bicyclic) bond motifs is 1. The number of rotatable bonds is 14. The van der Waals surface area contributed by atoms with Crippen LogP contribution in [0.25, 0.3) is 10.8 Å². The fraction of sp³-hybridized carbons (Fsp3) is 0.207. The molecule has 18 nitrogen and oxygen atoms in total. The molecule has 0 aromatic heterocycles. The fourth-order valence-corrected chi connectivity index (χ4v) is 5.63. The van der Waals surface area contributed by atoms with Gasteiger partial charge in [-0.3, -0.25) is 13.9 Å². The number of nitrogens with one attached hydrogen (secondary N) is 2. The Kier molecular flexibility index (Phi) is 11.4. The monoisotopic (exact) mass is 718 g/mol. The average Bonchev–Trinajstić information content (AvgIpc) is 3.04. The molecule has 0 aliphatic rings. The number of aromatic hydroxyl groups is 1. The number of azo groups is 2. The lowest BCUT2D eigenvalue weighted by molar-refractivity contribution is -0.114. The van der Waals surface area contributed by atoms with Crippen molar-refractivity contribution in [2.24, 2.45) is 20.5 Å². The highest BCUT2D eigenvalue weighted by Crippen LogP contribution is 2.45. The SMILES string of the molecule is CNc1ccc2cc(S(=O)(=O)O)c(N=Nc3cc(OCCO)c(N=Nc4ccc(NC(C)=O)cc4S(=O)(=O)O)cc3OCCO)c(O)c2c1. The van der Waals surface area contributed by atoms with Crippen molar-refractivity contribution < 1.29 is 55.5 Å². The Balaban J connectivity index is 1.88. The van der Waals surface area contributed by atoms with Gasteiger partial charge in [-0.15, -0.1) is 20.5 Å². The summed E-state index contributed by atoms with van der Waals surface area (Å²) in [4.78, 5) is 9.98. The van der Waals surface area contributed by atoms with Gasteiger partial charge >= 0.3 is 0 Å². The van der Waals surface area contributed by atoms with Crippen molar-refractivity contribution in [3.05, 3.63) is 54.6 Å². The topological polar surface area (TPSA) is 278 Å². The number of aliphatic hydroxyl groups is 2. The number of phenolic OH excluding ortho intramolecular Hbond substituents is 1. The second kappa shape index (κ2) is 15.3. The molecule has 0 fully saturated rings. The lowest BCUT2D eigenvalue weighted by Crippen LogP contribution is -2.07. The van der Waals surface area contributed by atoms with Gasteiger partial charge in [-0.25, -0.2) is 0 Å². The third-order valence-electron chi connectivity index (χ3n) is 6.44. The number of aliphatic hydroxyl groups excluding tert-OH is 2. The molecule has 260 valence electrons. The first kappa shape index (κ1) is 36.6. The predicted molar refractivity (Wildman–Crippen MR) is 175 cm³/mol. The maximum Gasteiger partial charge on any atom is 0.296 e. The quantitative estimate of drug-likeness (QED) is 0.0693. The average molecular weight is 719 g/mol. The van der Waals surface area contributed by atoms with E-state index >= 15 is 0 Å². The Labute approximate surface area is 279 Å². The van der Waals surface area contributed by atoms with Gasteiger partial charge < -0.3 is 35.4 Å². The second-order valence-corrected chi connectivity index (χ2v) is 12.7. The second-order valence-electron chi connectivity index (χ2n) is 9.90. The number of phenols is 1. The van der Waals surface area contributed by atoms with Gasteiger partial charge in [0.1, 0.15) is 57.3 Å². The summed E-state index contributed by atoms with van der Waals surface area (Å²) < 4.78 is 79.6. The molecule has 4 aromatic rings. The van der Waals surface area contributed by atoms with E-state index < -0.39 is 60.6 Å². The zero-order valence-electron chi connectivity index (χ0n) is 25.7. The Hall–Kier alpha value is -5.25. The molecule has 0 atom stereocenters. The largest absolute Gasteiger partial charge is 0.505 e. The van der Waals surface area contributed by atoms with E-state index in [-0.39, 0.29) is 58.2 Å². The summed E-state index contributed by atoms with van der Waals surface area (Å²) in [6.07, 6.45) is 0. The smallest absolute Gasteiger partial charge is 0.296 e. The van der Waals surface area contributed by atoms with Crippen LogP contribution in [0.3, 0.4) is 0 Å². The Morgan fingerprint density at radius 1 is 0.735 bits per heavy atom. The maximum absolute atomic E-state index is 12.3. The minimum absolute atomic E-state index is 0.0533. The van der Waals surface area contributed by atoms with Crippen molar-refractivity contribution in [2.45, 2.75) is 16.7 Å². The van der Waals surface area contributed by atoms with E-state index in [1.807, 2.05) is 0 Å². The number of hydrogen-bond donors (Lipinski definition) is 7. The number of benzene rings is 4.